The summed E-state index contributed by atoms with van der Waals surface area (Å²) in [4.78, 5) is 24.1. The van der Waals surface area contributed by atoms with E-state index in [1.165, 1.54) is 18.5 Å². The minimum Gasteiger partial charge on any atom is -0.345 e. The minimum atomic E-state index is -0.634. The summed E-state index contributed by atoms with van der Waals surface area (Å²) in [5.74, 6) is 0.210. The topological polar surface area (TPSA) is 93.6 Å². The molecule has 0 radical (unpaired) electrons. The molecule has 1 aromatic carbocycles. The van der Waals surface area contributed by atoms with E-state index in [0.717, 1.165) is 51.0 Å². The Balaban J connectivity index is 1.54. The molecule has 1 aromatic heterocycles. The number of rotatable bonds is 11. The summed E-state index contributed by atoms with van der Waals surface area (Å²) in [5.41, 5.74) is 3.33. The molecule has 3 N–H and O–H groups in total. The van der Waals surface area contributed by atoms with Crippen molar-refractivity contribution in [2.24, 2.45) is 5.92 Å². The number of anilines is 2. The molecule has 9 heteroatoms. The second-order valence-electron chi connectivity index (χ2n) is 8.57. The minimum absolute atomic E-state index is 0.201. The van der Waals surface area contributed by atoms with Gasteiger partial charge in [0, 0.05) is 49.3 Å². The Labute approximate surface area is 200 Å². The van der Waals surface area contributed by atoms with Crippen molar-refractivity contribution in [3.8, 4) is 0 Å². The molecule has 1 amide bonds. The summed E-state index contributed by atoms with van der Waals surface area (Å²) in [6.07, 6.45) is 8.47. The molecule has 2 aromatic rings. The van der Waals surface area contributed by atoms with Crippen LogP contribution in [0.5, 0.6) is 0 Å². The van der Waals surface area contributed by atoms with E-state index in [1.54, 1.807) is 17.7 Å². The van der Waals surface area contributed by atoms with Gasteiger partial charge in [0.1, 0.15) is 5.82 Å². The first kappa shape index (κ1) is 25.6. The third kappa shape index (κ3) is 6.09. The molecular formula is C25H35FN6O2. The SMILES string of the molecule is C=CN(c1cccc(F)c1CNCC1CCN(c2ncc(C(=O)NO)cn2)CC1)C(CC)CC. The molecule has 2 heterocycles. The molecular weight excluding hydrogens is 435 g/mol. The number of halogens is 1. The normalized spacial score (nSPS) is 14.3. The van der Waals surface area contributed by atoms with Crippen LogP contribution in [0.2, 0.25) is 0 Å². The number of carbonyl (C=O) groups is 1. The fourth-order valence-corrected chi connectivity index (χ4v) is 4.50. The fraction of sp³-hybridized carbons (Fsp3) is 0.480. The molecule has 0 aliphatic carbocycles. The van der Waals surface area contributed by atoms with Gasteiger partial charge in [-0.1, -0.05) is 26.5 Å². The number of hydroxylamine groups is 1. The van der Waals surface area contributed by atoms with E-state index in [2.05, 4.69) is 45.5 Å². The Morgan fingerprint density at radius 2 is 1.97 bits per heavy atom. The lowest BCUT2D eigenvalue weighted by Gasteiger charge is -2.33. The predicted molar refractivity (Wildman–Crippen MR) is 131 cm³/mol. The van der Waals surface area contributed by atoms with E-state index in [0.29, 0.717) is 24.0 Å². The molecule has 1 fully saturated rings. The summed E-state index contributed by atoms with van der Waals surface area (Å²) in [6.45, 7) is 11.1. The Bertz CT molecular complexity index is 943. The number of nitrogens with zero attached hydrogens (tertiary/aromatic N) is 4. The van der Waals surface area contributed by atoms with Crippen LogP contribution >= 0.6 is 0 Å². The molecule has 34 heavy (non-hydrogen) atoms. The average molecular weight is 471 g/mol. The largest absolute Gasteiger partial charge is 0.345 e. The monoisotopic (exact) mass is 470 g/mol. The van der Waals surface area contributed by atoms with Crippen molar-refractivity contribution in [2.45, 2.75) is 52.1 Å². The maximum absolute atomic E-state index is 14.8. The highest BCUT2D eigenvalue weighted by Crippen LogP contribution is 2.28. The average Bonchev–Trinajstić information content (AvgIpc) is 2.88. The van der Waals surface area contributed by atoms with Gasteiger partial charge in [0.25, 0.3) is 5.91 Å². The Hall–Kier alpha value is -3.04. The van der Waals surface area contributed by atoms with E-state index in [4.69, 9.17) is 5.21 Å². The number of benzene rings is 1. The third-order valence-electron chi connectivity index (χ3n) is 6.54. The van der Waals surface area contributed by atoms with Crippen LogP contribution in [0.4, 0.5) is 16.0 Å². The highest BCUT2D eigenvalue weighted by molar-refractivity contribution is 5.92. The van der Waals surface area contributed by atoms with E-state index < -0.39 is 5.91 Å². The molecule has 8 nitrogen and oxygen atoms in total. The molecule has 1 aliphatic heterocycles. The van der Waals surface area contributed by atoms with Gasteiger partial charge in [-0.25, -0.2) is 19.8 Å². The highest BCUT2D eigenvalue weighted by atomic mass is 19.1. The lowest BCUT2D eigenvalue weighted by molar-refractivity contribution is 0.0705. The number of hydrogen-bond donors (Lipinski definition) is 3. The van der Waals surface area contributed by atoms with Gasteiger partial charge in [-0.15, -0.1) is 0 Å². The second kappa shape index (κ2) is 12.4. The van der Waals surface area contributed by atoms with Crippen LogP contribution in [0.1, 0.15) is 55.5 Å². The highest BCUT2D eigenvalue weighted by Gasteiger charge is 2.22. The van der Waals surface area contributed by atoms with Gasteiger partial charge in [0.05, 0.1) is 5.56 Å². The number of amides is 1. The molecule has 1 aliphatic rings. The van der Waals surface area contributed by atoms with Gasteiger partial charge in [0.2, 0.25) is 5.95 Å². The van der Waals surface area contributed by atoms with Crippen LogP contribution in [0, 0.1) is 11.7 Å². The van der Waals surface area contributed by atoms with Crippen molar-refractivity contribution in [3.63, 3.8) is 0 Å². The van der Waals surface area contributed by atoms with E-state index in [1.807, 2.05) is 6.07 Å². The van der Waals surface area contributed by atoms with E-state index >= 15 is 0 Å². The summed E-state index contributed by atoms with van der Waals surface area (Å²) in [7, 11) is 0. The smallest absolute Gasteiger partial charge is 0.277 e. The summed E-state index contributed by atoms with van der Waals surface area (Å²) in [6, 6.07) is 5.53. The van der Waals surface area contributed by atoms with Crippen LogP contribution in [0.25, 0.3) is 0 Å². The van der Waals surface area contributed by atoms with Crippen molar-refractivity contribution in [3.05, 3.63) is 60.3 Å². The van der Waals surface area contributed by atoms with Gasteiger partial charge < -0.3 is 15.1 Å². The van der Waals surface area contributed by atoms with Crippen molar-refractivity contribution in [2.75, 3.05) is 29.4 Å². The molecule has 1 saturated heterocycles. The second-order valence-corrected chi connectivity index (χ2v) is 8.57. The Kier molecular flexibility index (Phi) is 9.35. The van der Waals surface area contributed by atoms with Crippen LogP contribution in [-0.4, -0.2) is 46.8 Å². The van der Waals surface area contributed by atoms with Crippen LogP contribution in [0.3, 0.4) is 0 Å². The zero-order valence-corrected chi connectivity index (χ0v) is 20.0. The first-order valence-electron chi connectivity index (χ1n) is 11.9. The fourth-order valence-electron chi connectivity index (χ4n) is 4.50. The summed E-state index contributed by atoms with van der Waals surface area (Å²) >= 11 is 0. The standard InChI is InChI=1S/C25H35FN6O2/c1-4-20(5-2)32(6-3)23-9-7-8-22(26)21(23)17-27-14-18-10-12-31(13-11-18)25-28-15-19(16-29-25)24(33)30-34/h6-9,15-16,18,20,27,34H,3-5,10-14,17H2,1-2H3,(H,30,33). The maximum Gasteiger partial charge on any atom is 0.277 e. The van der Waals surface area contributed by atoms with Gasteiger partial charge in [0.15, 0.2) is 0 Å². The van der Waals surface area contributed by atoms with Crippen molar-refractivity contribution >= 4 is 17.5 Å². The zero-order valence-electron chi connectivity index (χ0n) is 20.0. The lowest BCUT2D eigenvalue weighted by atomic mass is 9.97. The number of nitrogens with one attached hydrogen (secondary N) is 2. The molecule has 184 valence electrons. The van der Waals surface area contributed by atoms with Gasteiger partial charge in [-0.05, 0) is 56.5 Å². The number of aromatic nitrogens is 2. The molecule has 3 rings (SSSR count). The number of hydrogen-bond acceptors (Lipinski definition) is 7. The Morgan fingerprint density at radius 1 is 1.29 bits per heavy atom. The first-order valence-corrected chi connectivity index (χ1v) is 11.9. The zero-order chi connectivity index (χ0) is 24.5. The van der Waals surface area contributed by atoms with Gasteiger partial charge in [-0.2, -0.15) is 0 Å². The van der Waals surface area contributed by atoms with Crippen molar-refractivity contribution in [1.29, 1.82) is 0 Å². The molecule has 0 bridgehead atoms. The van der Waals surface area contributed by atoms with Crippen LogP contribution in [0.15, 0.2) is 43.4 Å². The third-order valence-corrected chi connectivity index (χ3v) is 6.54. The van der Waals surface area contributed by atoms with Crippen LogP contribution in [-0.2, 0) is 6.54 Å². The molecule has 0 atom stereocenters. The summed E-state index contributed by atoms with van der Waals surface area (Å²) in [5, 5.41) is 12.2. The maximum atomic E-state index is 14.8. The van der Waals surface area contributed by atoms with Gasteiger partial charge in [-0.3, -0.25) is 10.0 Å². The quantitative estimate of drug-likeness (QED) is 0.339. The molecule has 0 unspecified atom stereocenters. The first-order chi connectivity index (χ1) is 16.5. The van der Waals surface area contributed by atoms with Gasteiger partial charge >= 0.3 is 0 Å². The predicted octanol–water partition coefficient (Wildman–Crippen LogP) is 3.88. The van der Waals surface area contributed by atoms with E-state index in [9.17, 15) is 9.18 Å². The van der Waals surface area contributed by atoms with Crippen LogP contribution < -0.4 is 20.6 Å². The summed E-state index contributed by atoms with van der Waals surface area (Å²) < 4.78 is 14.8. The van der Waals surface area contributed by atoms with Crippen molar-refractivity contribution < 1.29 is 14.4 Å². The van der Waals surface area contributed by atoms with E-state index in [-0.39, 0.29) is 17.4 Å². The lowest BCUT2D eigenvalue weighted by Crippen LogP contribution is -2.38. The van der Waals surface area contributed by atoms with Crippen molar-refractivity contribution in [1.82, 2.24) is 20.8 Å². The Morgan fingerprint density at radius 3 is 2.56 bits per heavy atom. The number of piperidine rings is 1. The number of carbonyl (C=O) groups excluding carboxylic acids is 1. The molecule has 0 saturated carbocycles. The molecule has 0 spiro atoms.